The molecule has 4 nitrogen and oxygen atoms in total. The molecule has 0 aromatic carbocycles. The molecule has 0 aromatic rings. The molecule has 1 saturated carbocycles. The van der Waals surface area contributed by atoms with E-state index in [0.29, 0.717) is 6.04 Å². The molecule has 1 aliphatic carbocycles. The maximum absolute atomic E-state index is 3.61. The van der Waals surface area contributed by atoms with E-state index in [4.69, 9.17) is 0 Å². The van der Waals surface area contributed by atoms with Gasteiger partial charge in [-0.3, -0.25) is 9.80 Å². The minimum Gasteiger partial charge on any atom is -0.314 e. The number of rotatable bonds is 7. The molecule has 1 aliphatic heterocycles. The highest BCUT2D eigenvalue weighted by Gasteiger charge is 2.28. The first-order valence-electron chi connectivity index (χ1n) is 7.50. The van der Waals surface area contributed by atoms with Crippen LogP contribution in [0.3, 0.4) is 0 Å². The first-order valence-corrected chi connectivity index (χ1v) is 7.50. The van der Waals surface area contributed by atoms with Gasteiger partial charge in [0.25, 0.3) is 0 Å². The van der Waals surface area contributed by atoms with Crippen molar-refractivity contribution in [2.75, 3.05) is 59.9 Å². The molecule has 2 aliphatic rings. The van der Waals surface area contributed by atoms with E-state index in [0.717, 1.165) is 19.1 Å². The van der Waals surface area contributed by atoms with Gasteiger partial charge in [-0.2, -0.15) is 0 Å². The summed E-state index contributed by atoms with van der Waals surface area (Å²) in [6.45, 7) is 10.7. The summed E-state index contributed by atoms with van der Waals surface area (Å²) in [6.07, 6.45) is 2.81. The summed E-state index contributed by atoms with van der Waals surface area (Å²) in [5, 5.41) is 3.61. The summed E-state index contributed by atoms with van der Waals surface area (Å²) in [4.78, 5) is 7.52. The minimum absolute atomic E-state index is 0.671. The van der Waals surface area contributed by atoms with Crippen molar-refractivity contribution in [1.82, 2.24) is 20.0 Å². The van der Waals surface area contributed by atoms with Crippen molar-refractivity contribution in [2.45, 2.75) is 31.8 Å². The van der Waals surface area contributed by atoms with E-state index in [1.54, 1.807) is 0 Å². The van der Waals surface area contributed by atoms with Crippen LogP contribution < -0.4 is 5.32 Å². The third kappa shape index (κ3) is 4.50. The zero-order valence-corrected chi connectivity index (χ0v) is 12.4. The Hall–Kier alpha value is -0.160. The fourth-order valence-corrected chi connectivity index (χ4v) is 2.61. The Bertz CT molecular complexity index is 234. The van der Waals surface area contributed by atoms with Crippen LogP contribution in [0.25, 0.3) is 0 Å². The van der Waals surface area contributed by atoms with Crippen molar-refractivity contribution < 1.29 is 0 Å². The zero-order valence-electron chi connectivity index (χ0n) is 12.4. The lowest BCUT2D eigenvalue weighted by Crippen LogP contribution is -2.47. The summed E-state index contributed by atoms with van der Waals surface area (Å²) in [5.74, 6) is 0. The fraction of sp³-hybridized carbons (Fsp3) is 1.00. The van der Waals surface area contributed by atoms with Crippen LogP contribution in [-0.4, -0.2) is 86.7 Å². The Labute approximate surface area is 112 Å². The number of likely N-dealkylation sites (N-methyl/N-ethyl adjacent to an activating group) is 2. The highest BCUT2D eigenvalue weighted by Crippen LogP contribution is 2.26. The van der Waals surface area contributed by atoms with Crippen molar-refractivity contribution in [3.05, 3.63) is 0 Å². The molecular formula is C14H30N4. The van der Waals surface area contributed by atoms with E-state index in [-0.39, 0.29) is 0 Å². The molecule has 1 heterocycles. The van der Waals surface area contributed by atoms with Gasteiger partial charge in [-0.05, 0) is 33.9 Å². The molecule has 0 bridgehead atoms. The Kier molecular flexibility index (Phi) is 5.42. The second-order valence-electron chi connectivity index (χ2n) is 6.09. The van der Waals surface area contributed by atoms with Gasteiger partial charge >= 0.3 is 0 Å². The quantitative estimate of drug-likeness (QED) is 0.660. The van der Waals surface area contributed by atoms with Crippen LogP contribution in [0.2, 0.25) is 0 Å². The molecule has 1 unspecified atom stereocenters. The van der Waals surface area contributed by atoms with Crippen LogP contribution in [0.4, 0.5) is 0 Å². The maximum atomic E-state index is 3.61. The zero-order chi connectivity index (χ0) is 13.0. The minimum atomic E-state index is 0.671. The maximum Gasteiger partial charge on any atom is 0.0192 e. The molecule has 0 spiro atoms. The van der Waals surface area contributed by atoms with Crippen LogP contribution >= 0.6 is 0 Å². The topological polar surface area (TPSA) is 21.8 Å². The van der Waals surface area contributed by atoms with Crippen molar-refractivity contribution in [2.24, 2.45) is 0 Å². The van der Waals surface area contributed by atoms with Gasteiger partial charge in [-0.1, -0.05) is 0 Å². The third-order valence-electron chi connectivity index (χ3n) is 4.46. The van der Waals surface area contributed by atoms with Crippen LogP contribution in [0.1, 0.15) is 19.8 Å². The lowest BCUT2D eigenvalue weighted by Gasteiger charge is -2.32. The van der Waals surface area contributed by atoms with Gasteiger partial charge in [0.1, 0.15) is 0 Å². The van der Waals surface area contributed by atoms with Gasteiger partial charge < -0.3 is 10.2 Å². The van der Waals surface area contributed by atoms with E-state index in [1.807, 2.05) is 0 Å². The molecule has 0 aromatic heterocycles. The van der Waals surface area contributed by atoms with Crippen LogP contribution in [-0.2, 0) is 0 Å². The predicted octanol–water partition coefficient (Wildman–Crippen LogP) is 0.306. The molecule has 2 rings (SSSR count). The molecule has 0 amide bonds. The Morgan fingerprint density at radius 2 is 1.89 bits per heavy atom. The Morgan fingerprint density at radius 3 is 2.50 bits per heavy atom. The van der Waals surface area contributed by atoms with Gasteiger partial charge in [0.05, 0.1) is 0 Å². The molecule has 4 heteroatoms. The van der Waals surface area contributed by atoms with Crippen molar-refractivity contribution in [3.8, 4) is 0 Å². The summed E-state index contributed by atoms with van der Waals surface area (Å²) < 4.78 is 0. The number of nitrogens with one attached hydrogen (secondary N) is 1. The summed E-state index contributed by atoms with van der Waals surface area (Å²) in [5.41, 5.74) is 0. The molecule has 18 heavy (non-hydrogen) atoms. The molecule has 106 valence electrons. The average molecular weight is 254 g/mol. The van der Waals surface area contributed by atoms with E-state index in [2.05, 4.69) is 41.0 Å². The third-order valence-corrected chi connectivity index (χ3v) is 4.46. The standard InChI is InChI=1S/C14H30N4/c1-13(17(3)14-4-5-14)12-15-6-7-18-10-8-16(2)9-11-18/h13-15H,4-12H2,1-3H3. The van der Waals surface area contributed by atoms with E-state index < -0.39 is 0 Å². The SMILES string of the molecule is CC(CNCCN1CCN(C)CC1)N(C)C1CC1. The molecule has 1 atom stereocenters. The normalized spacial score (nSPS) is 24.7. The van der Waals surface area contributed by atoms with Crippen molar-refractivity contribution >= 4 is 0 Å². The van der Waals surface area contributed by atoms with Gasteiger partial charge in [-0.25, -0.2) is 0 Å². The smallest absolute Gasteiger partial charge is 0.0192 e. The molecule has 2 fully saturated rings. The highest BCUT2D eigenvalue weighted by molar-refractivity contribution is 4.85. The van der Waals surface area contributed by atoms with Crippen LogP contribution in [0.15, 0.2) is 0 Å². The Morgan fingerprint density at radius 1 is 1.22 bits per heavy atom. The number of hydrogen-bond donors (Lipinski definition) is 1. The van der Waals surface area contributed by atoms with Crippen LogP contribution in [0, 0.1) is 0 Å². The van der Waals surface area contributed by atoms with Crippen LogP contribution in [0.5, 0.6) is 0 Å². The average Bonchev–Trinajstić information content (AvgIpc) is 3.20. The van der Waals surface area contributed by atoms with Crippen molar-refractivity contribution in [3.63, 3.8) is 0 Å². The molecule has 1 saturated heterocycles. The molecule has 1 N–H and O–H groups in total. The molecular weight excluding hydrogens is 224 g/mol. The number of piperazine rings is 1. The van der Waals surface area contributed by atoms with Gasteiger partial charge in [0.15, 0.2) is 0 Å². The molecule has 0 radical (unpaired) electrons. The van der Waals surface area contributed by atoms with Crippen molar-refractivity contribution in [1.29, 1.82) is 0 Å². The van der Waals surface area contributed by atoms with Gasteiger partial charge in [0, 0.05) is 57.9 Å². The predicted molar refractivity (Wildman–Crippen MR) is 77.1 cm³/mol. The first kappa shape index (κ1) is 14.3. The monoisotopic (exact) mass is 254 g/mol. The lowest BCUT2D eigenvalue weighted by atomic mass is 10.3. The largest absolute Gasteiger partial charge is 0.314 e. The fourth-order valence-electron chi connectivity index (χ4n) is 2.61. The van der Waals surface area contributed by atoms with Gasteiger partial charge in [-0.15, -0.1) is 0 Å². The van der Waals surface area contributed by atoms with E-state index >= 15 is 0 Å². The Balaban J connectivity index is 1.50. The number of hydrogen-bond acceptors (Lipinski definition) is 4. The first-order chi connectivity index (χ1) is 8.66. The van der Waals surface area contributed by atoms with E-state index in [1.165, 1.54) is 45.6 Å². The second kappa shape index (κ2) is 6.85. The lowest BCUT2D eigenvalue weighted by molar-refractivity contribution is 0.153. The summed E-state index contributed by atoms with van der Waals surface area (Å²) in [6, 6.07) is 1.55. The van der Waals surface area contributed by atoms with Gasteiger partial charge in [0.2, 0.25) is 0 Å². The summed E-state index contributed by atoms with van der Waals surface area (Å²) in [7, 11) is 4.48. The highest BCUT2D eigenvalue weighted by atomic mass is 15.3. The van der Waals surface area contributed by atoms with E-state index in [9.17, 15) is 0 Å². The second-order valence-corrected chi connectivity index (χ2v) is 6.09. The number of nitrogens with zero attached hydrogens (tertiary/aromatic N) is 3. The summed E-state index contributed by atoms with van der Waals surface area (Å²) >= 11 is 0.